The molecular formula is C18H23N5. The van der Waals surface area contributed by atoms with Crippen LogP contribution in [0.15, 0.2) is 35.7 Å². The molecule has 0 aromatic carbocycles. The average Bonchev–Trinajstić information content (AvgIpc) is 2.97. The van der Waals surface area contributed by atoms with Gasteiger partial charge in [-0.1, -0.05) is 13.3 Å². The largest absolute Gasteiger partial charge is 0.368 e. The van der Waals surface area contributed by atoms with Gasteiger partial charge in [0.05, 0.1) is 24.3 Å². The van der Waals surface area contributed by atoms with Crippen LogP contribution in [0.4, 0.5) is 0 Å². The molecule has 1 aliphatic heterocycles. The van der Waals surface area contributed by atoms with Crippen LogP contribution in [0.2, 0.25) is 0 Å². The standard InChI is InChI=1S/C18H23N5/c1-4-5-15-16(12-23-9-8-20-17(23)11-19-3)21-10-14-7-6-13(2)22-18(14)15/h6-10,17,20H,3-5,11-12H2,1-2H3. The van der Waals surface area contributed by atoms with Gasteiger partial charge in [-0.05, 0) is 32.2 Å². The van der Waals surface area contributed by atoms with Crippen LogP contribution in [0, 0.1) is 6.92 Å². The summed E-state index contributed by atoms with van der Waals surface area (Å²) in [5, 5.41) is 4.41. The summed E-state index contributed by atoms with van der Waals surface area (Å²) in [6.07, 6.45) is 8.18. The van der Waals surface area contributed by atoms with E-state index >= 15 is 0 Å². The molecule has 0 fully saturated rings. The molecule has 3 rings (SSSR count). The molecule has 2 aromatic rings. The van der Waals surface area contributed by atoms with Crippen LogP contribution in [-0.4, -0.2) is 34.3 Å². The van der Waals surface area contributed by atoms with Crippen molar-refractivity contribution in [2.24, 2.45) is 4.99 Å². The SMILES string of the molecule is C=NCC1NC=CN1Cc1ncc2ccc(C)nc2c1CCC. The molecular weight excluding hydrogens is 286 g/mol. The second-order valence-electron chi connectivity index (χ2n) is 5.90. The van der Waals surface area contributed by atoms with Crippen LogP contribution in [0.1, 0.15) is 30.3 Å². The molecule has 0 radical (unpaired) electrons. The van der Waals surface area contributed by atoms with Crippen LogP contribution in [0.3, 0.4) is 0 Å². The molecule has 120 valence electrons. The third-order valence-electron chi connectivity index (χ3n) is 4.15. The Labute approximate surface area is 137 Å². The van der Waals surface area contributed by atoms with E-state index < -0.39 is 0 Å². The van der Waals surface area contributed by atoms with Crippen LogP contribution in [-0.2, 0) is 13.0 Å². The molecule has 1 atom stereocenters. The Morgan fingerprint density at radius 3 is 3.04 bits per heavy atom. The van der Waals surface area contributed by atoms with E-state index in [9.17, 15) is 0 Å². The molecule has 1 unspecified atom stereocenters. The maximum Gasteiger partial charge on any atom is 0.119 e. The Balaban J connectivity index is 1.97. The first-order valence-electron chi connectivity index (χ1n) is 8.08. The minimum atomic E-state index is 0.157. The number of nitrogens with one attached hydrogen (secondary N) is 1. The summed E-state index contributed by atoms with van der Waals surface area (Å²) in [6, 6.07) is 4.15. The fraction of sp³-hybridized carbons (Fsp3) is 0.389. The summed E-state index contributed by atoms with van der Waals surface area (Å²) in [5.41, 5.74) is 4.49. The van der Waals surface area contributed by atoms with Gasteiger partial charge < -0.3 is 10.2 Å². The van der Waals surface area contributed by atoms with Crippen molar-refractivity contribution in [3.8, 4) is 0 Å². The topological polar surface area (TPSA) is 53.4 Å². The van der Waals surface area contributed by atoms with E-state index in [1.165, 1.54) is 5.56 Å². The Morgan fingerprint density at radius 1 is 1.39 bits per heavy atom. The van der Waals surface area contributed by atoms with E-state index in [4.69, 9.17) is 9.97 Å². The zero-order chi connectivity index (χ0) is 16.2. The normalized spacial score (nSPS) is 16.8. The van der Waals surface area contributed by atoms with Crippen LogP contribution >= 0.6 is 0 Å². The van der Waals surface area contributed by atoms with Gasteiger partial charge in [0, 0.05) is 35.2 Å². The second-order valence-corrected chi connectivity index (χ2v) is 5.90. The van der Waals surface area contributed by atoms with Crippen molar-refractivity contribution in [2.45, 2.75) is 39.4 Å². The van der Waals surface area contributed by atoms with Gasteiger partial charge in [-0.15, -0.1) is 0 Å². The number of hydrogen-bond acceptors (Lipinski definition) is 5. The third-order valence-corrected chi connectivity index (χ3v) is 4.15. The van der Waals surface area contributed by atoms with Gasteiger partial charge in [0.2, 0.25) is 0 Å². The molecule has 0 saturated heterocycles. The van der Waals surface area contributed by atoms with E-state index in [-0.39, 0.29) is 6.17 Å². The van der Waals surface area contributed by atoms with E-state index in [2.05, 4.69) is 41.1 Å². The van der Waals surface area contributed by atoms with Gasteiger partial charge in [0.25, 0.3) is 0 Å². The number of aromatic nitrogens is 2. The van der Waals surface area contributed by atoms with Crippen LogP contribution < -0.4 is 5.32 Å². The average molecular weight is 309 g/mol. The first-order chi connectivity index (χ1) is 11.2. The lowest BCUT2D eigenvalue weighted by molar-refractivity contribution is 0.274. The highest BCUT2D eigenvalue weighted by Crippen LogP contribution is 2.23. The van der Waals surface area contributed by atoms with E-state index in [1.807, 2.05) is 25.4 Å². The molecule has 0 bridgehead atoms. The molecule has 5 heteroatoms. The predicted octanol–water partition coefficient (Wildman–Crippen LogP) is 2.79. The number of rotatable bonds is 6. The van der Waals surface area contributed by atoms with Gasteiger partial charge in [-0.3, -0.25) is 15.0 Å². The number of aliphatic imine (C=N–C) groups is 1. The summed E-state index contributed by atoms with van der Waals surface area (Å²) in [5.74, 6) is 0. The molecule has 1 aliphatic rings. The van der Waals surface area contributed by atoms with E-state index in [0.717, 1.165) is 41.7 Å². The minimum absolute atomic E-state index is 0.157. The molecule has 0 amide bonds. The molecule has 3 heterocycles. The Bertz CT molecular complexity index is 738. The van der Waals surface area contributed by atoms with Crippen molar-refractivity contribution in [1.29, 1.82) is 0 Å². The zero-order valence-corrected chi connectivity index (χ0v) is 13.8. The summed E-state index contributed by atoms with van der Waals surface area (Å²) in [7, 11) is 0. The van der Waals surface area contributed by atoms with Gasteiger partial charge in [-0.25, -0.2) is 0 Å². The van der Waals surface area contributed by atoms with Crippen molar-refractivity contribution in [1.82, 2.24) is 20.2 Å². The monoisotopic (exact) mass is 309 g/mol. The third kappa shape index (κ3) is 3.18. The lowest BCUT2D eigenvalue weighted by Crippen LogP contribution is -2.37. The number of hydrogen-bond donors (Lipinski definition) is 1. The Morgan fingerprint density at radius 2 is 2.26 bits per heavy atom. The van der Waals surface area contributed by atoms with Gasteiger partial charge in [0.1, 0.15) is 6.17 Å². The van der Waals surface area contributed by atoms with Crippen molar-refractivity contribution in [3.63, 3.8) is 0 Å². The molecule has 2 aromatic heterocycles. The van der Waals surface area contributed by atoms with Crippen LogP contribution in [0.5, 0.6) is 0 Å². The zero-order valence-electron chi connectivity index (χ0n) is 13.8. The summed E-state index contributed by atoms with van der Waals surface area (Å²) < 4.78 is 0. The number of nitrogens with zero attached hydrogens (tertiary/aromatic N) is 4. The second kappa shape index (κ2) is 6.77. The first-order valence-corrected chi connectivity index (χ1v) is 8.08. The fourth-order valence-corrected chi connectivity index (χ4v) is 2.99. The van der Waals surface area contributed by atoms with E-state index in [0.29, 0.717) is 6.54 Å². The predicted molar refractivity (Wildman–Crippen MR) is 94.3 cm³/mol. The molecule has 23 heavy (non-hydrogen) atoms. The van der Waals surface area contributed by atoms with Crippen molar-refractivity contribution >= 4 is 17.6 Å². The highest BCUT2D eigenvalue weighted by molar-refractivity contribution is 5.81. The first kappa shape index (κ1) is 15.5. The molecule has 1 N–H and O–H groups in total. The van der Waals surface area contributed by atoms with Gasteiger partial charge in [-0.2, -0.15) is 0 Å². The molecule has 0 aliphatic carbocycles. The fourth-order valence-electron chi connectivity index (χ4n) is 2.99. The van der Waals surface area contributed by atoms with Crippen LogP contribution in [0.25, 0.3) is 10.9 Å². The Hall–Kier alpha value is -2.43. The smallest absolute Gasteiger partial charge is 0.119 e. The highest BCUT2D eigenvalue weighted by Gasteiger charge is 2.20. The van der Waals surface area contributed by atoms with Crippen molar-refractivity contribution in [2.75, 3.05) is 6.54 Å². The number of pyridine rings is 2. The lowest BCUT2D eigenvalue weighted by Gasteiger charge is -2.25. The molecule has 0 saturated carbocycles. The highest BCUT2D eigenvalue weighted by atomic mass is 15.3. The van der Waals surface area contributed by atoms with E-state index in [1.54, 1.807) is 0 Å². The van der Waals surface area contributed by atoms with Gasteiger partial charge >= 0.3 is 0 Å². The maximum atomic E-state index is 4.76. The van der Waals surface area contributed by atoms with Crippen molar-refractivity contribution < 1.29 is 0 Å². The molecule has 5 nitrogen and oxygen atoms in total. The number of fused-ring (bicyclic) bond motifs is 1. The lowest BCUT2D eigenvalue weighted by atomic mass is 10.0. The summed E-state index contributed by atoms with van der Waals surface area (Å²) in [4.78, 5) is 15.7. The number of aryl methyl sites for hydroxylation is 2. The van der Waals surface area contributed by atoms with Gasteiger partial charge in [0.15, 0.2) is 0 Å². The Kier molecular flexibility index (Phi) is 4.55. The molecule has 0 spiro atoms. The summed E-state index contributed by atoms with van der Waals surface area (Å²) in [6.45, 7) is 9.23. The summed E-state index contributed by atoms with van der Waals surface area (Å²) >= 11 is 0. The maximum absolute atomic E-state index is 4.76. The quantitative estimate of drug-likeness (QED) is 0.834. The van der Waals surface area contributed by atoms with Crippen molar-refractivity contribution in [3.05, 3.63) is 47.7 Å². The minimum Gasteiger partial charge on any atom is -0.368 e.